The van der Waals surface area contributed by atoms with Gasteiger partial charge in [-0.15, -0.1) is 0 Å². The number of hydrogen-bond donors (Lipinski definition) is 3. The molecule has 0 amide bonds. The first-order valence-corrected chi connectivity index (χ1v) is 11.3. The molecule has 1 aromatic heterocycles. The van der Waals surface area contributed by atoms with Crippen molar-refractivity contribution in [2.75, 3.05) is 0 Å². The number of carboxylic acid groups (broad SMARTS) is 1. The average molecular weight is 507 g/mol. The van der Waals surface area contributed by atoms with E-state index in [9.17, 15) is 15.0 Å². The molecule has 0 aliphatic carbocycles. The van der Waals surface area contributed by atoms with Gasteiger partial charge in [0.1, 0.15) is 22.8 Å². The van der Waals surface area contributed by atoms with Crippen LogP contribution in [0.15, 0.2) is 79.0 Å². The van der Waals surface area contributed by atoms with Crippen molar-refractivity contribution < 1.29 is 38.4 Å². The molecule has 0 fully saturated rings. The minimum atomic E-state index is -1.25. The number of hydrogen-bond acceptors (Lipinski definition) is 6. The number of nitrogens with zero attached hydrogens (tertiary/aromatic N) is 1. The summed E-state index contributed by atoms with van der Waals surface area (Å²) in [6.07, 6.45) is 0.852. The number of benzene rings is 3. The zero-order valence-corrected chi connectivity index (χ0v) is 19.4. The normalized spacial score (nSPS) is 13.0. The molecule has 4 rings (SSSR count). The number of aliphatic hydroxyl groups is 2. The number of pyridine rings is 1. The summed E-state index contributed by atoms with van der Waals surface area (Å²) in [4.78, 5) is 14.9. The van der Waals surface area contributed by atoms with Crippen molar-refractivity contribution in [3.05, 3.63) is 96.2 Å². The summed E-state index contributed by atoms with van der Waals surface area (Å²) in [5.74, 6) is -3.06. The molecule has 3 N–H and O–H groups in total. The maximum atomic E-state index is 15.4. The van der Waals surface area contributed by atoms with Crippen LogP contribution in [-0.2, 0) is 4.79 Å². The number of aliphatic carboxylic acids is 1. The van der Waals surface area contributed by atoms with Gasteiger partial charge in [0.2, 0.25) is 5.75 Å². The number of aliphatic hydroxyl groups excluding tert-OH is 2. The second-order valence-corrected chi connectivity index (χ2v) is 8.18. The van der Waals surface area contributed by atoms with Gasteiger partial charge >= 0.3 is 5.97 Å². The lowest BCUT2D eigenvalue weighted by molar-refractivity contribution is -0.139. The Morgan fingerprint density at radius 1 is 0.946 bits per heavy atom. The quantitative estimate of drug-likeness (QED) is 0.253. The Morgan fingerprint density at radius 3 is 2.14 bits per heavy atom. The van der Waals surface area contributed by atoms with Gasteiger partial charge in [-0.05, 0) is 30.3 Å². The van der Waals surface area contributed by atoms with E-state index in [1.165, 1.54) is 18.3 Å². The third-order valence-electron chi connectivity index (χ3n) is 5.34. The van der Waals surface area contributed by atoms with Crippen molar-refractivity contribution in [1.29, 1.82) is 0 Å². The van der Waals surface area contributed by atoms with Crippen LogP contribution in [0.3, 0.4) is 0 Å². The molecule has 0 bridgehead atoms. The summed E-state index contributed by atoms with van der Waals surface area (Å²) in [6, 6.07) is 17.8. The molecule has 0 unspecified atom stereocenters. The number of fused-ring (bicyclic) bond motifs is 1. The van der Waals surface area contributed by atoms with Gasteiger partial charge in [0.05, 0.1) is 18.6 Å². The first-order chi connectivity index (χ1) is 17.8. The summed E-state index contributed by atoms with van der Waals surface area (Å²) in [6.45, 7) is 0. The first-order valence-electron chi connectivity index (χ1n) is 11.3. The number of para-hydroxylation sites is 2. The van der Waals surface area contributed by atoms with Crippen LogP contribution >= 0.6 is 0 Å². The Labute approximate surface area is 210 Å². The van der Waals surface area contributed by atoms with Gasteiger partial charge in [-0.25, -0.2) is 8.78 Å². The third-order valence-corrected chi connectivity index (χ3v) is 5.34. The summed E-state index contributed by atoms with van der Waals surface area (Å²) in [7, 11) is 0. The molecule has 9 heteroatoms. The molecule has 37 heavy (non-hydrogen) atoms. The fraction of sp³-hybridized carbons (Fsp3) is 0.143. The number of halogens is 2. The molecule has 190 valence electrons. The smallest absolute Gasteiger partial charge is 0.305 e. The highest BCUT2D eigenvalue weighted by Crippen LogP contribution is 2.39. The molecular weight excluding hydrogens is 484 g/mol. The molecule has 0 saturated carbocycles. The molecule has 0 aliphatic heterocycles. The molecule has 7 nitrogen and oxygen atoms in total. The van der Waals surface area contributed by atoms with Gasteiger partial charge in [-0.3, -0.25) is 9.78 Å². The Balaban J connectivity index is 1.74. The Kier molecular flexibility index (Phi) is 8.07. The van der Waals surface area contributed by atoms with Crippen LogP contribution in [0.25, 0.3) is 17.0 Å². The minimum Gasteiger partial charge on any atom is -0.481 e. The molecule has 0 spiro atoms. The van der Waals surface area contributed by atoms with Crippen molar-refractivity contribution in [2.24, 2.45) is 0 Å². The summed E-state index contributed by atoms with van der Waals surface area (Å²) in [5, 5.41) is 28.8. The van der Waals surface area contributed by atoms with Crippen molar-refractivity contribution >= 4 is 22.9 Å². The average Bonchev–Trinajstić information content (AvgIpc) is 2.87. The van der Waals surface area contributed by atoms with Gasteiger partial charge in [-0.2, -0.15) is 0 Å². The van der Waals surface area contributed by atoms with E-state index in [0.717, 1.165) is 6.07 Å². The summed E-state index contributed by atoms with van der Waals surface area (Å²) >= 11 is 0. The number of aromatic nitrogens is 1. The Hall–Kier alpha value is -4.34. The summed E-state index contributed by atoms with van der Waals surface area (Å²) < 4.78 is 41.9. The lowest BCUT2D eigenvalue weighted by Gasteiger charge is -2.15. The van der Waals surface area contributed by atoms with Crippen molar-refractivity contribution in [3.63, 3.8) is 0 Å². The molecule has 0 saturated heterocycles. The van der Waals surface area contributed by atoms with Gasteiger partial charge in [0.25, 0.3) is 0 Å². The zero-order valence-electron chi connectivity index (χ0n) is 19.4. The Morgan fingerprint density at radius 2 is 1.54 bits per heavy atom. The number of carbonyl (C=O) groups is 1. The van der Waals surface area contributed by atoms with E-state index in [0.29, 0.717) is 11.3 Å². The van der Waals surface area contributed by atoms with E-state index < -0.39 is 42.0 Å². The van der Waals surface area contributed by atoms with Crippen LogP contribution in [0.1, 0.15) is 18.4 Å². The third kappa shape index (κ3) is 6.46. The predicted molar refractivity (Wildman–Crippen MR) is 133 cm³/mol. The molecule has 2 atom stereocenters. The zero-order chi connectivity index (χ0) is 26.4. The summed E-state index contributed by atoms with van der Waals surface area (Å²) in [5.41, 5.74) is 0.103. The fourth-order valence-electron chi connectivity index (χ4n) is 3.63. The van der Waals surface area contributed by atoms with Crippen LogP contribution in [0.4, 0.5) is 8.78 Å². The van der Waals surface area contributed by atoms with Gasteiger partial charge in [-0.1, -0.05) is 48.6 Å². The SMILES string of the molecule is O=C(O)C[C@H](O)C[C@H](O)/C=C/c1cnc2c(F)c(Oc3ccccc3)c(F)cc2c1Oc1ccccc1. The predicted octanol–water partition coefficient (Wildman–Crippen LogP) is 5.70. The van der Waals surface area contributed by atoms with E-state index in [1.807, 2.05) is 0 Å². The number of carboxylic acids is 1. The van der Waals surface area contributed by atoms with Crippen molar-refractivity contribution in [2.45, 2.75) is 25.0 Å². The second-order valence-electron chi connectivity index (χ2n) is 8.18. The van der Waals surface area contributed by atoms with Crippen LogP contribution in [0.2, 0.25) is 0 Å². The minimum absolute atomic E-state index is 0.0295. The Bertz CT molecular complexity index is 1410. The van der Waals surface area contributed by atoms with Crippen LogP contribution in [-0.4, -0.2) is 38.5 Å². The van der Waals surface area contributed by atoms with E-state index >= 15 is 8.78 Å². The van der Waals surface area contributed by atoms with Gasteiger partial charge < -0.3 is 24.8 Å². The molecule has 3 aromatic carbocycles. The van der Waals surface area contributed by atoms with E-state index in [1.54, 1.807) is 60.7 Å². The van der Waals surface area contributed by atoms with Gasteiger partial charge in [0.15, 0.2) is 11.6 Å². The highest BCUT2D eigenvalue weighted by Gasteiger charge is 2.22. The molecule has 4 aromatic rings. The largest absolute Gasteiger partial charge is 0.481 e. The molecule has 0 radical (unpaired) electrons. The highest BCUT2D eigenvalue weighted by molar-refractivity contribution is 5.90. The van der Waals surface area contributed by atoms with Crippen LogP contribution in [0, 0.1) is 11.6 Å². The fourth-order valence-corrected chi connectivity index (χ4v) is 3.63. The lowest BCUT2D eigenvalue weighted by Crippen LogP contribution is -2.19. The molecule has 1 heterocycles. The number of rotatable bonds is 10. The van der Waals surface area contributed by atoms with Crippen molar-refractivity contribution in [1.82, 2.24) is 4.98 Å². The standard InChI is InChI=1S/C28H23F2NO6/c29-23-15-22-26(25(30)28(23)37-21-9-5-2-6-10-21)31-16-17(27(22)36-20-7-3-1-4-8-20)11-12-18(32)13-19(33)14-24(34)35/h1-12,15-16,18-19,32-33H,13-14H2,(H,34,35)/b12-11+/t18-,19-/m1/s1. The molecular formula is C28H23F2NO6. The second kappa shape index (κ2) is 11.6. The van der Waals surface area contributed by atoms with Gasteiger partial charge in [0, 0.05) is 23.6 Å². The van der Waals surface area contributed by atoms with E-state index in [4.69, 9.17) is 14.6 Å². The number of ether oxygens (including phenoxy) is 2. The topological polar surface area (TPSA) is 109 Å². The van der Waals surface area contributed by atoms with E-state index in [-0.39, 0.29) is 28.8 Å². The maximum absolute atomic E-state index is 15.4. The van der Waals surface area contributed by atoms with Crippen LogP contribution < -0.4 is 9.47 Å². The maximum Gasteiger partial charge on any atom is 0.305 e. The lowest BCUT2D eigenvalue weighted by atomic mass is 10.1. The van der Waals surface area contributed by atoms with Crippen LogP contribution in [0.5, 0.6) is 23.0 Å². The first kappa shape index (κ1) is 25.7. The monoisotopic (exact) mass is 507 g/mol. The van der Waals surface area contributed by atoms with Crippen molar-refractivity contribution in [3.8, 4) is 23.0 Å². The van der Waals surface area contributed by atoms with E-state index in [2.05, 4.69) is 4.98 Å². The molecule has 0 aliphatic rings. The highest BCUT2D eigenvalue weighted by atomic mass is 19.1.